The summed E-state index contributed by atoms with van der Waals surface area (Å²) in [7, 11) is -5.78. The van der Waals surface area contributed by atoms with Gasteiger partial charge in [-0.2, -0.15) is 0 Å². The predicted molar refractivity (Wildman–Crippen MR) is 127 cm³/mol. The maximum atomic E-state index is 13.0. The summed E-state index contributed by atoms with van der Waals surface area (Å²) < 4.78 is 39.0. The second kappa shape index (κ2) is 8.86. The molecule has 5 aromatic rings. The molecule has 0 saturated heterocycles. The Morgan fingerprint density at radius 1 is 0.727 bits per heavy atom. The molecule has 1 aromatic heterocycles. The largest absolute Gasteiger partial charge is 0.653 e. The van der Waals surface area contributed by atoms with Crippen molar-refractivity contribution < 1.29 is 32.4 Å². The molecule has 0 fully saturated rings. The summed E-state index contributed by atoms with van der Waals surface area (Å²) in [6.07, 6.45) is 1.82. The molecule has 6 heteroatoms. The second-order valence-corrected chi connectivity index (χ2v) is 9.66. The third-order valence-corrected chi connectivity index (χ3v) is 6.70. The van der Waals surface area contributed by atoms with E-state index in [2.05, 4.69) is 36.2 Å². The van der Waals surface area contributed by atoms with E-state index in [1.54, 1.807) is 12.1 Å². The van der Waals surface area contributed by atoms with Crippen molar-refractivity contribution in [1.29, 1.82) is 0 Å². The summed E-state index contributed by atoms with van der Waals surface area (Å²) in [6, 6.07) is 25.2. The molecular formula is C27H19F3IrNSi-. The molecule has 1 heterocycles. The zero-order valence-corrected chi connectivity index (χ0v) is 21.3. The molecule has 0 spiro atoms. The van der Waals surface area contributed by atoms with Gasteiger partial charge < -0.3 is 4.98 Å². The van der Waals surface area contributed by atoms with Gasteiger partial charge in [-0.3, -0.25) is 0 Å². The first-order valence-electron chi connectivity index (χ1n) is 10.3. The van der Waals surface area contributed by atoms with E-state index in [1.165, 1.54) is 17.7 Å². The number of aryl methyl sites for hydroxylation is 2. The molecule has 1 radical (unpaired) electrons. The van der Waals surface area contributed by atoms with Gasteiger partial charge in [-0.15, -0.1) is 34.9 Å². The Balaban J connectivity index is 0.00000259. The van der Waals surface area contributed by atoms with Gasteiger partial charge in [-0.1, -0.05) is 62.4 Å². The molecular weight excluding hydrogens is 616 g/mol. The minimum atomic E-state index is -5.78. The molecule has 0 aliphatic rings. The molecule has 4 aromatic carbocycles. The van der Waals surface area contributed by atoms with Gasteiger partial charge in [0.2, 0.25) is 0 Å². The van der Waals surface area contributed by atoms with Crippen LogP contribution in [0.2, 0.25) is 0 Å². The molecule has 0 aliphatic carbocycles. The van der Waals surface area contributed by atoms with Crippen LogP contribution in [0.3, 0.4) is 0 Å². The Labute approximate surface area is 205 Å². The first-order chi connectivity index (χ1) is 15.3. The van der Waals surface area contributed by atoms with Crippen molar-refractivity contribution in [2.45, 2.75) is 13.8 Å². The van der Waals surface area contributed by atoms with Crippen molar-refractivity contribution in [3.63, 3.8) is 0 Å². The summed E-state index contributed by atoms with van der Waals surface area (Å²) in [5.74, 6) is 0. The van der Waals surface area contributed by atoms with Crippen LogP contribution in [0.25, 0.3) is 43.9 Å². The summed E-state index contributed by atoms with van der Waals surface area (Å²) in [4.78, 5) is 4.64. The second-order valence-electron chi connectivity index (χ2n) is 8.09. The Morgan fingerprint density at radius 2 is 1.42 bits per heavy atom. The van der Waals surface area contributed by atoms with Gasteiger partial charge in [0, 0.05) is 31.5 Å². The topological polar surface area (TPSA) is 12.9 Å². The van der Waals surface area contributed by atoms with Crippen LogP contribution in [0.1, 0.15) is 11.1 Å². The summed E-state index contributed by atoms with van der Waals surface area (Å²) >= 11 is 0. The number of hydrogen-bond donors (Lipinski definition) is 0. The van der Waals surface area contributed by atoms with E-state index in [0.717, 1.165) is 49.5 Å². The predicted octanol–water partition coefficient (Wildman–Crippen LogP) is 7.19. The fraction of sp³-hybridized carbons (Fsp3) is 0.0741. The van der Waals surface area contributed by atoms with Gasteiger partial charge in [0.1, 0.15) is 0 Å². The van der Waals surface area contributed by atoms with Crippen LogP contribution in [0.15, 0.2) is 79.0 Å². The summed E-state index contributed by atoms with van der Waals surface area (Å²) in [5, 5.41) is 3.75. The number of pyridine rings is 1. The number of hydrogen-bond acceptors (Lipinski definition) is 1. The zero-order valence-electron chi connectivity index (χ0n) is 17.9. The van der Waals surface area contributed by atoms with Gasteiger partial charge in [0.25, 0.3) is 0 Å². The molecule has 0 aliphatic heterocycles. The Morgan fingerprint density at radius 3 is 2.12 bits per heavy atom. The first kappa shape index (κ1) is 23.4. The van der Waals surface area contributed by atoms with Crippen LogP contribution < -0.4 is 5.19 Å². The minimum absolute atomic E-state index is 0. The molecule has 1 nitrogen and oxygen atoms in total. The van der Waals surface area contributed by atoms with Crippen LogP contribution in [0.5, 0.6) is 0 Å². The summed E-state index contributed by atoms with van der Waals surface area (Å²) in [5.41, 5.74) is 5.77. The van der Waals surface area contributed by atoms with E-state index < -0.39 is 14.3 Å². The van der Waals surface area contributed by atoms with Crippen LogP contribution in [0, 0.1) is 19.9 Å². The van der Waals surface area contributed by atoms with Crippen LogP contribution in [0.4, 0.5) is 12.3 Å². The SMILES string of the molecule is Cc1[c-]c(-c2nccc3c2ccc2cc(-c4ccc([Si](F)(F)F)cc4)ccc23)cc(C)c1.[Ir]. The molecule has 0 unspecified atom stereocenters. The van der Waals surface area contributed by atoms with Crippen molar-refractivity contribution in [3.8, 4) is 22.4 Å². The smallest absolute Gasteiger partial charge is 0.304 e. The zero-order chi connectivity index (χ0) is 22.5. The van der Waals surface area contributed by atoms with Crippen LogP contribution in [-0.4, -0.2) is 14.1 Å². The number of nitrogens with zero attached hydrogens (tertiary/aromatic N) is 1. The molecule has 0 atom stereocenters. The van der Waals surface area contributed by atoms with Gasteiger partial charge in [0.05, 0.1) is 0 Å². The molecule has 0 amide bonds. The Kier molecular flexibility index (Phi) is 6.28. The quantitative estimate of drug-likeness (QED) is 0.0887. The normalized spacial score (nSPS) is 11.5. The number of aromatic nitrogens is 1. The molecule has 5 rings (SSSR count). The number of halogens is 3. The van der Waals surface area contributed by atoms with E-state index in [4.69, 9.17) is 0 Å². The maximum Gasteiger partial charge on any atom is 0.653 e. The van der Waals surface area contributed by atoms with Crippen molar-refractivity contribution in [3.05, 3.63) is 96.2 Å². The van der Waals surface area contributed by atoms with Crippen LogP contribution in [-0.2, 0) is 20.1 Å². The maximum absolute atomic E-state index is 13.0. The van der Waals surface area contributed by atoms with E-state index in [1.807, 2.05) is 43.5 Å². The molecule has 0 saturated carbocycles. The van der Waals surface area contributed by atoms with Crippen molar-refractivity contribution in [1.82, 2.24) is 4.98 Å². The van der Waals surface area contributed by atoms with Gasteiger partial charge in [0.15, 0.2) is 0 Å². The average Bonchev–Trinajstić information content (AvgIpc) is 2.77. The number of rotatable bonds is 3. The summed E-state index contributed by atoms with van der Waals surface area (Å²) in [6.45, 7) is 4.10. The van der Waals surface area contributed by atoms with E-state index in [0.29, 0.717) is 0 Å². The van der Waals surface area contributed by atoms with Gasteiger partial charge in [-0.25, -0.2) is 12.3 Å². The van der Waals surface area contributed by atoms with Crippen molar-refractivity contribution in [2.24, 2.45) is 0 Å². The average molecular weight is 635 g/mol. The van der Waals surface area contributed by atoms with Crippen LogP contribution >= 0.6 is 0 Å². The number of fused-ring (bicyclic) bond motifs is 3. The van der Waals surface area contributed by atoms with Gasteiger partial charge in [-0.05, 0) is 50.5 Å². The Hall–Kier alpha value is -2.79. The third kappa shape index (κ3) is 4.51. The standard InChI is InChI=1S/C27H19F3NSi.Ir/c1-17-13-18(2)15-22(14-17)27-26-10-6-21-16-20(5-9-24(21)25(26)11-12-31-27)19-3-7-23(8-4-19)32(28,29)30;/h3-14,16H,1-2H3;/q-1;. The van der Waals surface area contributed by atoms with Crippen molar-refractivity contribution in [2.75, 3.05) is 0 Å². The first-order valence-corrected chi connectivity index (χ1v) is 11.9. The molecule has 0 N–H and O–H groups in total. The van der Waals surface area contributed by atoms with Crippen molar-refractivity contribution >= 4 is 35.8 Å². The van der Waals surface area contributed by atoms with E-state index in [-0.39, 0.29) is 20.1 Å². The molecule has 33 heavy (non-hydrogen) atoms. The number of benzene rings is 4. The monoisotopic (exact) mass is 635 g/mol. The fourth-order valence-corrected chi connectivity index (χ4v) is 4.81. The van der Waals surface area contributed by atoms with E-state index in [9.17, 15) is 12.3 Å². The molecule has 167 valence electrons. The molecule has 0 bridgehead atoms. The van der Waals surface area contributed by atoms with Gasteiger partial charge >= 0.3 is 9.08 Å². The Bertz CT molecular complexity index is 1460. The third-order valence-electron chi connectivity index (χ3n) is 5.71. The van der Waals surface area contributed by atoms with E-state index >= 15 is 0 Å². The fourth-order valence-electron chi connectivity index (χ4n) is 4.26. The minimum Gasteiger partial charge on any atom is -0.304 e.